The van der Waals surface area contributed by atoms with Gasteiger partial charge in [0.05, 0.1) is 5.92 Å². The summed E-state index contributed by atoms with van der Waals surface area (Å²) in [7, 11) is 0. The number of hydrogen-bond donors (Lipinski definition) is 0. The molecule has 16 heavy (non-hydrogen) atoms. The molecule has 0 aromatic rings. The lowest BCUT2D eigenvalue weighted by molar-refractivity contribution is -0.169. The average Bonchev–Trinajstić information content (AvgIpc) is 2.50. The van der Waals surface area contributed by atoms with Crippen molar-refractivity contribution in [3.8, 4) is 0 Å². The molecule has 0 bridgehead atoms. The first-order valence-corrected chi connectivity index (χ1v) is 5.33. The minimum atomic E-state index is -0.985. The normalized spacial score (nSPS) is 37.9. The molecule has 5 nitrogen and oxygen atoms in total. The summed E-state index contributed by atoms with van der Waals surface area (Å²) in [5.41, 5.74) is -0.985. The highest BCUT2D eigenvalue weighted by molar-refractivity contribution is 5.93. The summed E-state index contributed by atoms with van der Waals surface area (Å²) < 4.78 is 10.1. The van der Waals surface area contributed by atoms with E-state index in [0.717, 1.165) is 0 Å². The van der Waals surface area contributed by atoms with E-state index in [9.17, 15) is 14.4 Å². The minimum absolute atomic E-state index is 0.0248. The first kappa shape index (κ1) is 11.1. The van der Waals surface area contributed by atoms with Crippen molar-refractivity contribution in [3.63, 3.8) is 0 Å². The van der Waals surface area contributed by atoms with E-state index in [4.69, 9.17) is 9.47 Å². The van der Waals surface area contributed by atoms with Crippen LogP contribution in [-0.4, -0.2) is 30.4 Å². The third-order valence-electron chi connectivity index (χ3n) is 3.56. The number of ketones is 1. The highest BCUT2D eigenvalue weighted by Gasteiger charge is 2.60. The summed E-state index contributed by atoms with van der Waals surface area (Å²) in [5.74, 6) is -1.30. The van der Waals surface area contributed by atoms with E-state index in [1.165, 1.54) is 6.92 Å². The Bertz CT molecular complexity index is 361. The molecule has 0 spiro atoms. The Morgan fingerprint density at radius 2 is 2.19 bits per heavy atom. The molecule has 1 aliphatic carbocycles. The Morgan fingerprint density at radius 3 is 2.81 bits per heavy atom. The van der Waals surface area contributed by atoms with Gasteiger partial charge < -0.3 is 9.47 Å². The van der Waals surface area contributed by atoms with E-state index in [2.05, 4.69) is 0 Å². The highest BCUT2D eigenvalue weighted by atomic mass is 16.6. The standard InChI is InChI=1S/C11H14O5/c1-6(12)16-9-4-3-8(13)7-5-15-10(14)11(7,9)2/h7,9H,3-5H2,1-2H3/t7-,9+,11+/m1/s1. The molecule has 0 unspecified atom stereocenters. The first-order chi connectivity index (χ1) is 7.46. The molecule has 0 amide bonds. The molecule has 1 aliphatic heterocycles. The Kier molecular flexibility index (Phi) is 2.48. The monoisotopic (exact) mass is 226 g/mol. The topological polar surface area (TPSA) is 69.7 Å². The Morgan fingerprint density at radius 1 is 1.50 bits per heavy atom. The van der Waals surface area contributed by atoms with Gasteiger partial charge in [-0.1, -0.05) is 0 Å². The summed E-state index contributed by atoms with van der Waals surface area (Å²) in [6.45, 7) is 3.07. The molecule has 1 saturated heterocycles. The average molecular weight is 226 g/mol. The number of fused-ring (bicyclic) bond motifs is 1. The number of Topliss-reactive ketones (excluding diaryl/α,β-unsaturated/α-hetero) is 1. The molecule has 1 saturated carbocycles. The van der Waals surface area contributed by atoms with Gasteiger partial charge in [0, 0.05) is 13.3 Å². The molecule has 2 rings (SSSR count). The second kappa shape index (κ2) is 3.57. The Labute approximate surface area is 93.1 Å². The molecular weight excluding hydrogens is 212 g/mol. The number of rotatable bonds is 1. The summed E-state index contributed by atoms with van der Waals surface area (Å²) in [5, 5.41) is 0. The SMILES string of the molecule is CC(=O)O[C@H]1CCC(=O)[C@H]2COC(=O)[C@]12C. The van der Waals surface area contributed by atoms with Crippen molar-refractivity contribution in [3.05, 3.63) is 0 Å². The van der Waals surface area contributed by atoms with Crippen LogP contribution in [0, 0.1) is 11.3 Å². The van der Waals surface area contributed by atoms with E-state index in [-0.39, 0.29) is 12.4 Å². The maximum atomic E-state index is 11.7. The fraction of sp³-hybridized carbons (Fsp3) is 0.727. The highest BCUT2D eigenvalue weighted by Crippen LogP contribution is 2.46. The van der Waals surface area contributed by atoms with Crippen molar-refractivity contribution in [2.45, 2.75) is 32.8 Å². The minimum Gasteiger partial charge on any atom is -0.464 e. The first-order valence-electron chi connectivity index (χ1n) is 5.33. The lowest BCUT2D eigenvalue weighted by Gasteiger charge is -2.37. The van der Waals surface area contributed by atoms with Crippen molar-refractivity contribution in [2.24, 2.45) is 11.3 Å². The van der Waals surface area contributed by atoms with Crippen LogP contribution in [0.4, 0.5) is 0 Å². The van der Waals surface area contributed by atoms with Gasteiger partial charge in [0.15, 0.2) is 0 Å². The van der Waals surface area contributed by atoms with Crippen LogP contribution in [-0.2, 0) is 23.9 Å². The zero-order valence-corrected chi connectivity index (χ0v) is 9.32. The van der Waals surface area contributed by atoms with Crippen molar-refractivity contribution in [1.29, 1.82) is 0 Å². The summed E-state index contributed by atoms with van der Waals surface area (Å²) in [6, 6.07) is 0. The zero-order chi connectivity index (χ0) is 11.9. The van der Waals surface area contributed by atoms with Gasteiger partial charge in [0.25, 0.3) is 0 Å². The largest absolute Gasteiger partial charge is 0.464 e. The quantitative estimate of drug-likeness (QED) is 0.607. The number of ether oxygens (including phenoxy) is 2. The summed E-state index contributed by atoms with van der Waals surface area (Å²) in [4.78, 5) is 34.4. The maximum Gasteiger partial charge on any atom is 0.316 e. The predicted octanol–water partition coefficient (Wildman–Crippen LogP) is 0.460. The third-order valence-corrected chi connectivity index (χ3v) is 3.56. The smallest absolute Gasteiger partial charge is 0.316 e. The number of carbonyl (C=O) groups excluding carboxylic acids is 3. The molecule has 2 aliphatic rings. The van der Waals surface area contributed by atoms with Crippen LogP contribution in [0.15, 0.2) is 0 Å². The number of hydrogen-bond acceptors (Lipinski definition) is 5. The molecule has 3 atom stereocenters. The van der Waals surface area contributed by atoms with Gasteiger partial charge in [-0.05, 0) is 13.3 Å². The third kappa shape index (κ3) is 1.42. The van der Waals surface area contributed by atoms with Gasteiger partial charge in [0.1, 0.15) is 23.9 Å². The van der Waals surface area contributed by atoms with Gasteiger partial charge in [-0.3, -0.25) is 14.4 Å². The molecule has 0 radical (unpaired) electrons. The van der Waals surface area contributed by atoms with E-state index < -0.39 is 29.4 Å². The maximum absolute atomic E-state index is 11.7. The lowest BCUT2D eigenvalue weighted by Crippen LogP contribution is -2.50. The van der Waals surface area contributed by atoms with Gasteiger partial charge in [-0.25, -0.2) is 0 Å². The van der Waals surface area contributed by atoms with Crippen molar-refractivity contribution in [2.75, 3.05) is 6.61 Å². The molecule has 88 valence electrons. The Hall–Kier alpha value is -1.39. The molecule has 0 aromatic heterocycles. The molecular formula is C11H14O5. The second-order valence-electron chi connectivity index (χ2n) is 4.54. The number of esters is 2. The van der Waals surface area contributed by atoms with Crippen LogP contribution in [0.2, 0.25) is 0 Å². The summed E-state index contributed by atoms with van der Waals surface area (Å²) in [6.07, 6.45) is 0.206. The van der Waals surface area contributed by atoms with Crippen LogP contribution < -0.4 is 0 Å². The van der Waals surface area contributed by atoms with Crippen LogP contribution in [0.3, 0.4) is 0 Å². The second-order valence-corrected chi connectivity index (χ2v) is 4.54. The van der Waals surface area contributed by atoms with E-state index in [1.807, 2.05) is 0 Å². The number of carbonyl (C=O) groups is 3. The van der Waals surface area contributed by atoms with Gasteiger partial charge in [0.2, 0.25) is 0 Å². The van der Waals surface area contributed by atoms with Gasteiger partial charge in [-0.2, -0.15) is 0 Å². The van der Waals surface area contributed by atoms with E-state index in [1.54, 1.807) is 6.92 Å². The number of cyclic esters (lactones) is 1. The van der Waals surface area contributed by atoms with Crippen LogP contribution >= 0.6 is 0 Å². The predicted molar refractivity (Wildman–Crippen MR) is 52.4 cm³/mol. The molecule has 1 heterocycles. The lowest BCUT2D eigenvalue weighted by atomic mass is 9.66. The van der Waals surface area contributed by atoms with E-state index in [0.29, 0.717) is 12.8 Å². The van der Waals surface area contributed by atoms with Gasteiger partial charge >= 0.3 is 11.9 Å². The van der Waals surface area contributed by atoms with Crippen molar-refractivity contribution < 1.29 is 23.9 Å². The van der Waals surface area contributed by atoms with Crippen LogP contribution in [0.5, 0.6) is 0 Å². The fourth-order valence-electron chi connectivity index (χ4n) is 2.54. The zero-order valence-electron chi connectivity index (χ0n) is 9.32. The molecule has 2 fully saturated rings. The van der Waals surface area contributed by atoms with Gasteiger partial charge in [-0.15, -0.1) is 0 Å². The van der Waals surface area contributed by atoms with Crippen LogP contribution in [0.1, 0.15) is 26.7 Å². The molecule has 0 aromatic carbocycles. The fourth-order valence-corrected chi connectivity index (χ4v) is 2.54. The van der Waals surface area contributed by atoms with E-state index >= 15 is 0 Å². The van der Waals surface area contributed by atoms with Crippen molar-refractivity contribution >= 4 is 17.7 Å². The molecule has 5 heteroatoms. The van der Waals surface area contributed by atoms with Crippen molar-refractivity contribution in [1.82, 2.24) is 0 Å². The summed E-state index contributed by atoms with van der Waals surface area (Å²) >= 11 is 0. The molecule has 0 N–H and O–H groups in total. The Balaban J connectivity index is 2.30. The van der Waals surface area contributed by atoms with Crippen LogP contribution in [0.25, 0.3) is 0 Å².